The maximum atomic E-state index is 6.56. The summed E-state index contributed by atoms with van der Waals surface area (Å²) in [6, 6.07) is 20.1. The first-order chi connectivity index (χ1) is 17.7. The van der Waals surface area contributed by atoms with Crippen LogP contribution in [0.5, 0.6) is 46.0 Å². The molecule has 4 aromatic carbocycles. The number of methoxy groups -OCH3 is 4. The lowest BCUT2D eigenvalue weighted by Crippen LogP contribution is -2.61. The van der Waals surface area contributed by atoms with Crippen molar-refractivity contribution in [3.63, 3.8) is 0 Å². The van der Waals surface area contributed by atoms with Crippen molar-refractivity contribution in [2.45, 2.75) is 0 Å². The van der Waals surface area contributed by atoms with Gasteiger partial charge in [-0.25, -0.2) is 0 Å². The summed E-state index contributed by atoms with van der Waals surface area (Å²) < 4.78 is 35.7. The van der Waals surface area contributed by atoms with E-state index in [1.54, 1.807) is 28.4 Å². The number of anilines is 3. The molecule has 0 fully saturated rings. The molecule has 3 heterocycles. The zero-order chi connectivity index (χ0) is 24.6. The Morgan fingerprint density at radius 1 is 0.583 bits per heavy atom. The van der Waals surface area contributed by atoms with Gasteiger partial charge in [0.25, 0.3) is 0 Å². The Morgan fingerprint density at radius 3 is 1.58 bits per heavy atom. The Balaban J connectivity index is 1.58. The Labute approximate surface area is 209 Å². The van der Waals surface area contributed by atoms with E-state index in [9.17, 15) is 0 Å². The molecule has 0 N–H and O–H groups in total. The number of nitrogens with zero attached hydrogens (tertiary/aromatic N) is 1. The van der Waals surface area contributed by atoms with Crippen molar-refractivity contribution >= 4 is 41.4 Å². The lowest BCUT2D eigenvalue weighted by molar-refractivity contribution is 0.368. The van der Waals surface area contributed by atoms with E-state index >= 15 is 0 Å². The largest absolute Gasteiger partial charge is 0.497 e. The number of ether oxygens (including phenoxy) is 6. The second-order valence-corrected chi connectivity index (χ2v) is 11.4. The average Bonchev–Trinajstić information content (AvgIpc) is 2.93. The fourth-order valence-electron chi connectivity index (χ4n) is 5.56. The average molecular weight is 498 g/mol. The van der Waals surface area contributed by atoms with Gasteiger partial charge in [-0.05, 0) is 48.5 Å². The van der Waals surface area contributed by atoms with E-state index in [4.69, 9.17) is 28.4 Å². The summed E-state index contributed by atoms with van der Waals surface area (Å²) in [5, 5.41) is 3.43. The van der Waals surface area contributed by atoms with Crippen LogP contribution in [0.1, 0.15) is 0 Å². The molecule has 3 aliphatic heterocycles. The fourth-order valence-corrected chi connectivity index (χ4v) is 9.25. The normalized spacial score (nSPS) is 13.8. The predicted molar refractivity (Wildman–Crippen MR) is 140 cm³/mol. The Morgan fingerprint density at radius 2 is 1.11 bits per heavy atom. The molecule has 180 valence electrons. The lowest BCUT2D eigenvalue weighted by Gasteiger charge is -2.43. The van der Waals surface area contributed by atoms with Gasteiger partial charge in [-0.3, -0.25) is 0 Å². The molecule has 0 bridgehead atoms. The molecule has 0 aromatic heterocycles. The molecular weight excluding hydrogens is 474 g/mol. The second kappa shape index (κ2) is 7.60. The number of benzene rings is 4. The van der Waals surface area contributed by atoms with Crippen molar-refractivity contribution in [2.24, 2.45) is 0 Å². The van der Waals surface area contributed by atoms with Gasteiger partial charge >= 0.3 is 0 Å². The Kier molecular flexibility index (Phi) is 4.44. The van der Waals surface area contributed by atoms with Crippen molar-refractivity contribution in [3.8, 4) is 46.0 Å². The highest BCUT2D eigenvalue weighted by atomic mass is 28.3. The van der Waals surface area contributed by atoms with Gasteiger partial charge in [0.1, 0.15) is 23.0 Å². The fraction of sp³-hybridized carbons (Fsp3) is 0.143. The van der Waals surface area contributed by atoms with Crippen LogP contribution in [0.3, 0.4) is 0 Å². The van der Waals surface area contributed by atoms with Crippen molar-refractivity contribution < 1.29 is 28.4 Å². The van der Waals surface area contributed by atoms with Gasteiger partial charge < -0.3 is 33.3 Å². The smallest absolute Gasteiger partial charge is 0.171 e. The molecule has 0 amide bonds. The molecule has 0 atom stereocenters. The van der Waals surface area contributed by atoms with Gasteiger partial charge in [-0.2, -0.15) is 0 Å². The quantitative estimate of drug-likeness (QED) is 0.334. The molecule has 3 aliphatic rings. The van der Waals surface area contributed by atoms with Crippen molar-refractivity contribution in [1.82, 2.24) is 0 Å². The minimum Gasteiger partial charge on any atom is -0.497 e. The standard InChI is InChI=1S/C28H23NO6Si/c1-30-16-7-5-15(6-8-16)29-18-9-11-20(32-3)24-26(18)36-27-19(29)10-12-21(33-4)25(27)35-23-14-17(31-2)13-22(34-24)28(23)36/h5-14,36H,1-4H3. The van der Waals surface area contributed by atoms with E-state index in [2.05, 4.69) is 29.2 Å². The van der Waals surface area contributed by atoms with Gasteiger partial charge in [-0.15, -0.1) is 0 Å². The van der Waals surface area contributed by atoms with E-state index in [-0.39, 0.29) is 0 Å². The minimum absolute atomic E-state index is 0.672. The van der Waals surface area contributed by atoms with Crippen LogP contribution in [0.2, 0.25) is 0 Å². The highest BCUT2D eigenvalue weighted by Gasteiger charge is 2.48. The lowest BCUT2D eigenvalue weighted by atomic mass is 10.1. The first kappa shape index (κ1) is 21.0. The van der Waals surface area contributed by atoms with Crippen LogP contribution in [0, 0.1) is 0 Å². The van der Waals surface area contributed by atoms with Crippen LogP contribution in [0.25, 0.3) is 0 Å². The van der Waals surface area contributed by atoms with Crippen molar-refractivity contribution in [2.75, 3.05) is 33.3 Å². The predicted octanol–water partition coefficient (Wildman–Crippen LogP) is 3.96. The monoisotopic (exact) mass is 497 g/mol. The Hall–Kier alpha value is -4.30. The minimum atomic E-state index is -2.05. The summed E-state index contributed by atoms with van der Waals surface area (Å²) in [6.07, 6.45) is 0. The molecule has 0 unspecified atom stereocenters. The third kappa shape index (κ3) is 2.67. The highest BCUT2D eigenvalue weighted by molar-refractivity contribution is 7.00. The molecule has 7 nitrogen and oxygen atoms in total. The van der Waals surface area contributed by atoms with E-state index < -0.39 is 8.80 Å². The first-order valence-corrected chi connectivity index (χ1v) is 13.3. The maximum absolute atomic E-state index is 6.56. The molecule has 0 saturated carbocycles. The maximum Gasteiger partial charge on any atom is 0.171 e. The molecule has 4 aromatic rings. The molecule has 0 saturated heterocycles. The van der Waals surface area contributed by atoms with Crippen LogP contribution < -0.4 is 48.9 Å². The molecule has 8 heteroatoms. The van der Waals surface area contributed by atoms with E-state index in [0.29, 0.717) is 17.2 Å². The van der Waals surface area contributed by atoms with Crippen molar-refractivity contribution in [1.29, 1.82) is 0 Å². The van der Waals surface area contributed by atoms with Gasteiger partial charge in [0.15, 0.2) is 31.8 Å². The van der Waals surface area contributed by atoms with Crippen LogP contribution in [0.4, 0.5) is 17.1 Å². The van der Waals surface area contributed by atoms with Gasteiger partial charge in [0, 0.05) is 44.8 Å². The van der Waals surface area contributed by atoms with E-state index in [1.807, 2.05) is 36.4 Å². The summed E-state index contributed by atoms with van der Waals surface area (Å²) in [5.41, 5.74) is 3.16. The van der Waals surface area contributed by atoms with Gasteiger partial charge in [0.05, 0.1) is 28.4 Å². The van der Waals surface area contributed by atoms with Gasteiger partial charge in [-0.1, -0.05) is 0 Å². The third-order valence-electron chi connectivity index (χ3n) is 7.13. The molecule has 7 rings (SSSR count). The molecule has 36 heavy (non-hydrogen) atoms. The van der Waals surface area contributed by atoms with E-state index in [0.717, 1.165) is 61.4 Å². The second-order valence-electron chi connectivity index (χ2n) is 8.77. The summed E-state index contributed by atoms with van der Waals surface area (Å²) in [4.78, 5) is 2.26. The summed E-state index contributed by atoms with van der Waals surface area (Å²) in [7, 11) is 4.61. The van der Waals surface area contributed by atoms with E-state index in [1.165, 1.54) is 0 Å². The zero-order valence-electron chi connectivity index (χ0n) is 20.2. The van der Waals surface area contributed by atoms with Crippen molar-refractivity contribution in [3.05, 3.63) is 60.7 Å². The summed E-state index contributed by atoms with van der Waals surface area (Å²) in [5.74, 6) is 5.87. The highest BCUT2D eigenvalue weighted by Crippen LogP contribution is 2.50. The van der Waals surface area contributed by atoms with Crippen LogP contribution >= 0.6 is 0 Å². The molecule has 0 aliphatic carbocycles. The van der Waals surface area contributed by atoms with Crippen LogP contribution in [-0.2, 0) is 0 Å². The zero-order valence-corrected chi connectivity index (χ0v) is 21.4. The van der Waals surface area contributed by atoms with Gasteiger partial charge in [0.2, 0.25) is 0 Å². The third-order valence-corrected chi connectivity index (χ3v) is 10.5. The SMILES string of the molecule is COc1ccc(N2c3ccc(OC)c4c3[SiH]3c5c(cc(OC)cc5Oc5c(OC)ccc2c53)O4)cc1. The Bertz CT molecular complexity index is 1460. The molecule has 0 spiro atoms. The summed E-state index contributed by atoms with van der Waals surface area (Å²) >= 11 is 0. The van der Waals surface area contributed by atoms with Crippen LogP contribution in [-0.4, -0.2) is 37.2 Å². The number of rotatable bonds is 5. The first-order valence-electron chi connectivity index (χ1n) is 11.6. The number of hydrogen-bond acceptors (Lipinski definition) is 7. The summed E-state index contributed by atoms with van der Waals surface area (Å²) in [6.45, 7) is 0. The number of hydrogen-bond donors (Lipinski definition) is 0. The topological polar surface area (TPSA) is 58.6 Å². The molecule has 0 radical (unpaired) electrons. The molecular formula is C28H23NO6Si. The van der Waals surface area contributed by atoms with Crippen LogP contribution in [0.15, 0.2) is 60.7 Å².